The normalized spacial score (nSPS) is 15.0. The fourth-order valence-corrected chi connectivity index (χ4v) is 3.63. The highest BCUT2D eigenvalue weighted by molar-refractivity contribution is 5.80. The summed E-state index contributed by atoms with van der Waals surface area (Å²) in [5.74, 6) is 2.80. The van der Waals surface area contributed by atoms with Crippen LogP contribution in [0, 0.1) is 0 Å². The Morgan fingerprint density at radius 2 is 1.43 bits per heavy atom. The lowest BCUT2D eigenvalue weighted by Crippen LogP contribution is -2.17. The molecule has 0 aliphatic carbocycles. The van der Waals surface area contributed by atoms with Crippen LogP contribution in [-0.4, -0.2) is 38.9 Å². The molecule has 0 radical (unpaired) electrons. The van der Waals surface area contributed by atoms with Crippen LogP contribution in [0.1, 0.15) is 58.2 Å². The fraction of sp³-hybridized carbons (Fsp3) is 0.480. The number of nitrogens with zero attached hydrogens (tertiary/aromatic N) is 1. The maximum Gasteiger partial charge on any atom is 0.293 e. The third kappa shape index (κ3) is 4.11. The molecule has 5 nitrogen and oxygen atoms in total. The SMILES string of the molecule is COc1cc(/C=[N+]2/COc3c2cc(C(C)(C)C)cc3C(C)(C)C)cc(OC)c1OC. The molecule has 5 heteroatoms. The Morgan fingerprint density at radius 3 is 1.90 bits per heavy atom. The summed E-state index contributed by atoms with van der Waals surface area (Å²) in [7, 11) is 4.86. The van der Waals surface area contributed by atoms with Crippen LogP contribution in [0.25, 0.3) is 0 Å². The molecule has 2 aromatic carbocycles. The van der Waals surface area contributed by atoms with E-state index in [1.165, 1.54) is 11.1 Å². The zero-order valence-corrected chi connectivity index (χ0v) is 19.7. The highest BCUT2D eigenvalue weighted by Crippen LogP contribution is 2.45. The molecule has 0 unspecified atom stereocenters. The lowest BCUT2D eigenvalue weighted by molar-refractivity contribution is -0.452. The molecule has 1 aliphatic rings. The van der Waals surface area contributed by atoms with Gasteiger partial charge in [-0.15, -0.1) is 0 Å². The van der Waals surface area contributed by atoms with Gasteiger partial charge in [-0.3, -0.25) is 0 Å². The highest BCUT2D eigenvalue weighted by Gasteiger charge is 2.35. The summed E-state index contributed by atoms with van der Waals surface area (Å²) in [4.78, 5) is 0. The van der Waals surface area contributed by atoms with Crippen LogP contribution in [0.2, 0.25) is 0 Å². The number of ether oxygens (including phenoxy) is 4. The average molecular weight is 413 g/mol. The van der Waals surface area contributed by atoms with Gasteiger partial charge in [0.1, 0.15) is 0 Å². The van der Waals surface area contributed by atoms with E-state index < -0.39 is 0 Å². The minimum atomic E-state index is -0.0199. The van der Waals surface area contributed by atoms with Crippen molar-refractivity contribution < 1.29 is 23.5 Å². The molecule has 0 atom stereocenters. The van der Waals surface area contributed by atoms with Gasteiger partial charge in [-0.2, -0.15) is 4.58 Å². The number of methoxy groups -OCH3 is 3. The zero-order chi connectivity index (χ0) is 22.3. The van der Waals surface area contributed by atoms with E-state index in [0.29, 0.717) is 24.0 Å². The number of hydrogen-bond donors (Lipinski definition) is 0. The summed E-state index contributed by atoms with van der Waals surface area (Å²) >= 11 is 0. The van der Waals surface area contributed by atoms with Crippen molar-refractivity contribution in [2.45, 2.75) is 52.4 Å². The monoisotopic (exact) mass is 412 g/mol. The molecule has 2 aromatic rings. The second-order valence-electron chi connectivity index (χ2n) is 9.70. The summed E-state index contributed by atoms with van der Waals surface area (Å²) in [5, 5.41) is 0. The summed E-state index contributed by atoms with van der Waals surface area (Å²) in [5.41, 5.74) is 4.57. The molecule has 3 rings (SSSR count). The van der Waals surface area contributed by atoms with Gasteiger partial charge >= 0.3 is 0 Å². The van der Waals surface area contributed by atoms with Crippen LogP contribution < -0.4 is 18.9 Å². The molecule has 0 amide bonds. The summed E-state index contributed by atoms with van der Waals surface area (Å²) in [6.45, 7) is 13.9. The van der Waals surface area contributed by atoms with Crippen molar-refractivity contribution in [1.82, 2.24) is 0 Å². The topological polar surface area (TPSA) is 39.9 Å². The van der Waals surface area contributed by atoms with Crippen molar-refractivity contribution in [2.24, 2.45) is 0 Å². The third-order valence-corrected chi connectivity index (χ3v) is 5.39. The van der Waals surface area contributed by atoms with Crippen LogP contribution in [0.5, 0.6) is 23.0 Å². The molecular formula is C25H34NO4+. The standard InChI is InChI=1S/C25H34NO4/c1-24(2,3)17-12-18(25(4,5)6)22-19(13-17)26(15-30-22)14-16-10-20(27-7)23(29-9)21(11-16)28-8/h10-14H,15H2,1-9H3/q+1/b26-14-. The second kappa shape index (κ2) is 7.86. The maximum absolute atomic E-state index is 6.17. The van der Waals surface area contributed by atoms with Crippen LogP contribution in [0.3, 0.4) is 0 Å². The van der Waals surface area contributed by atoms with Gasteiger partial charge in [0.15, 0.2) is 17.7 Å². The van der Waals surface area contributed by atoms with Crippen molar-refractivity contribution in [1.29, 1.82) is 0 Å². The number of fused-ring (bicyclic) bond motifs is 1. The quantitative estimate of drug-likeness (QED) is 0.629. The molecule has 0 aromatic heterocycles. The molecule has 1 heterocycles. The number of rotatable bonds is 4. The van der Waals surface area contributed by atoms with Gasteiger partial charge < -0.3 is 18.9 Å². The van der Waals surface area contributed by atoms with Gasteiger partial charge in [0, 0.05) is 17.2 Å². The Hall–Kier alpha value is -2.69. The van der Waals surface area contributed by atoms with Crippen molar-refractivity contribution >= 4 is 11.9 Å². The smallest absolute Gasteiger partial charge is 0.293 e. The minimum absolute atomic E-state index is 0.0199. The molecule has 0 saturated carbocycles. The average Bonchev–Trinajstić information content (AvgIpc) is 3.07. The van der Waals surface area contributed by atoms with Crippen LogP contribution in [0.4, 0.5) is 5.69 Å². The number of benzene rings is 2. The Kier molecular flexibility index (Phi) is 5.76. The van der Waals surface area contributed by atoms with Crippen LogP contribution in [0.15, 0.2) is 24.3 Å². The lowest BCUT2D eigenvalue weighted by atomic mass is 9.80. The van der Waals surface area contributed by atoms with E-state index in [1.54, 1.807) is 21.3 Å². The predicted molar refractivity (Wildman–Crippen MR) is 121 cm³/mol. The molecule has 0 fully saturated rings. The van der Waals surface area contributed by atoms with E-state index in [0.717, 1.165) is 17.0 Å². The summed E-state index contributed by atoms with van der Waals surface area (Å²) in [6, 6.07) is 8.42. The predicted octanol–water partition coefficient (Wildman–Crippen LogP) is 5.42. The van der Waals surface area contributed by atoms with E-state index in [1.807, 2.05) is 12.1 Å². The first-order valence-corrected chi connectivity index (χ1v) is 10.2. The van der Waals surface area contributed by atoms with Gasteiger partial charge in [0.25, 0.3) is 12.4 Å². The van der Waals surface area contributed by atoms with Crippen molar-refractivity contribution in [2.75, 3.05) is 28.1 Å². The largest absolute Gasteiger partial charge is 0.493 e. The Labute approximate surface area is 180 Å². The second-order valence-corrected chi connectivity index (χ2v) is 9.70. The number of hydrogen-bond acceptors (Lipinski definition) is 4. The van der Waals surface area contributed by atoms with E-state index in [9.17, 15) is 0 Å². The summed E-state index contributed by atoms with van der Waals surface area (Å²) < 4.78 is 24.8. The molecule has 0 N–H and O–H groups in total. The Balaban J connectivity index is 2.18. The molecule has 0 saturated heterocycles. The van der Waals surface area contributed by atoms with Gasteiger partial charge in [-0.05, 0) is 28.5 Å². The molecule has 0 bridgehead atoms. The molecule has 1 aliphatic heterocycles. The van der Waals surface area contributed by atoms with Crippen molar-refractivity contribution in [3.63, 3.8) is 0 Å². The Bertz CT molecular complexity index is 953. The van der Waals surface area contributed by atoms with E-state index in [4.69, 9.17) is 18.9 Å². The van der Waals surface area contributed by atoms with E-state index in [-0.39, 0.29) is 10.8 Å². The zero-order valence-electron chi connectivity index (χ0n) is 19.7. The van der Waals surface area contributed by atoms with Crippen molar-refractivity contribution in [3.05, 3.63) is 41.0 Å². The van der Waals surface area contributed by atoms with Gasteiger partial charge in [-0.25, -0.2) is 0 Å². The highest BCUT2D eigenvalue weighted by atomic mass is 16.5. The molecule has 30 heavy (non-hydrogen) atoms. The molecule has 162 valence electrons. The van der Waals surface area contributed by atoms with E-state index in [2.05, 4.69) is 64.5 Å². The van der Waals surface area contributed by atoms with Crippen molar-refractivity contribution in [3.8, 4) is 23.0 Å². The van der Waals surface area contributed by atoms with Crippen LogP contribution in [-0.2, 0) is 10.8 Å². The first-order valence-electron chi connectivity index (χ1n) is 10.2. The Morgan fingerprint density at radius 1 is 0.833 bits per heavy atom. The fourth-order valence-electron chi connectivity index (χ4n) is 3.63. The van der Waals surface area contributed by atoms with Gasteiger partial charge in [0.2, 0.25) is 11.5 Å². The van der Waals surface area contributed by atoms with Crippen LogP contribution >= 0.6 is 0 Å². The first-order chi connectivity index (χ1) is 14.0. The van der Waals surface area contributed by atoms with Gasteiger partial charge in [0.05, 0.1) is 21.3 Å². The molecular weight excluding hydrogens is 378 g/mol. The third-order valence-electron chi connectivity index (χ3n) is 5.39. The molecule has 0 spiro atoms. The first kappa shape index (κ1) is 22.0. The van der Waals surface area contributed by atoms with Gasteiger partial charge in [-0.1, -0.05) is 47.6 Å². The lowest BCUT2D eigenvalue weighted by Gasteiger charge is -2.25. The maximum atomic E-state index is 6.17. The minimum Gasteiger partial charge on any atom is -0.493 e. The van der Waals surface area contributed by atoms with E-state index >= 15 is 0 Å². The summed E-state index contributed by atoms with van der Waals surface area (Å²) in [6.07, 6.45) is 2.06.